The molecule has 1 atom stereocenters. The van der Waals surface area contributed by atoms with Crippen LogP contribution in [0.5, 0.6) is 0 Å². The van der Waals surface area contributed by atoms with E-state index < -0.39 is 23.4 Å². The van der Waals surface area contributed by atoms with Crippen LogP contribution in [0.25, 0.3) is 0 Å². The van der Waals surface area contributed by atoms with E-state index in [1.807, 2.05) is 19.1 Å². The van der Waals surface area contributed by atoms with Crippen molar-refractivity contribution in [2.24, 2.45) is 0 Å². The third-order valence-corrected chi connectivity index (χ3v) is 4.04. The van der Waals surface area contributed by atoms with Crippen LogP contribution in [0.15, 0.2) is 54.6 Å². The van der Waals surface area contributed by atoms with Gasteiger partial charge in [-0.05, 0) is 31.5 Å². The van der Waals surface area contributed by atoms with Crippen molar-refractivity contribution in [1.82, 2.24) is 15.8 Å². The minimum Gasteiger partial charge on any atom is -0.318 e. The van der Waals surface area contributed by atoms with Crippen molar-refractivity contribution in [3.63, 3.8) is 0 Å². The number of nitrogens with one attached hydrogen (secondary N) is 2. The molecule has 0 saturated carbocycles. The van der Waals surface area contributed by atoms with Gasteiger partial charge in [-0.25, -0.2) is 4.79 Å². The molecule has 1 heterocycles. The second-order valence-electron chi connectivity index (χ2n) is 5.87. The highest BCUT2D eigenvalue weighted by Crippen LogP contribution is 2.27. The molecule has 2 aromatic carbocycles. The first-order valence-corrected chi connectivity index (χ1v) is 7.52. The molecule has 4 amide bonds. The number of benzene rings is 2. The predicted molar refractivity (Wildman–Crippen MR) is 87.8 cm³/mol. The number of aryl methyl sites for hydroxylation is 1. The lowest BCUT2D eigenvalue weighted by atomic mass is 9.92. The zero-order chi connectivity index (χ0) is 17.3. The molecular weight excluding hydrogens is 306 g/mol. The number of rotatable bonds is 3. The van der Waals surface area contributed by atoms with Crippen molar-refractivity contribution >= 4 is 17.8 Å². The summed E-state index contributed by atoms with van der Waals surface area (Å²) in [6, 6.07) is 15.1. The molecule has 1 saturated heterocycles. The lowest BCUT2D eigenvalue weighted by Crippen LogP contribution is -2.47. The highest BCUT2D eigenvalue weighted by atomic mass is 16.2. The summed E-state index contributed by atoms with van der Waals surface area (Å²) in [5, 5.41) is 3.37. The van der Waals surface area contributed by atoms with Gasteiger partial charge < -0.3 is 5.32 Å². The van der Waals surface area contributed by atoms with Crippen LogP contribution in [0.1, 0.15) is 28.4 Å². The van der Waals surface area contributed by atoms with Gasteiger partial charge in [-0.1, -0.05) is 48.0 Å². The number of urea groups is 1. The Kier molecular flexibility index (Phi) is 3.81. The Morgan fingerprint density at radius 1 is 1.08 bits per heavy atom. The first-order valence-electron chi connectivity index (χ1n) is 7.52. The summed E-state index contributed by atoms with van der Waals surface area (Å²) in [5.41, 5.74) is 3.11. The number of carbonyl (C=O) groups excluding carboxylic acids is 3. The molecule has 1 fully saturated rings. The molecule has 0 aromatic heterocycles. The van der Waals surface area contributed by atoms with Gasteiger partial charge in [0.25, 0.3) is 11.8 Å². The summed E-state index contributed by atoms with van der Waals surface area (Å²) in [4.78, 5) is 37.2. The van der Waals surface area contributed by atoms with Crippen LogP contribution in [0.4, 0.5) is 4.79 Å². The Labute approximate surface area is 139 Å². The molecule has 0 aliphatic carbocycles. The van der Waals surface area contributed by atoms with Crippen molar-refractivity contribution < 1.29 is 14.4 Å². The predicted octanol–water partition coefficient (Wildman–Crippen LogP) is 2.11. The number of hydrogen-bond acceptors (Lipinski definition) is 3. The van der Waals surface area contributed by atoms with Crippen molar-refractivity contribution in [3.8, 4) is 0 Å². The number of hydrazine groups is 1. The second kappa shape index (κ2) is 5.81. The van der Waals surface area contributed by atoms with Gasteiger partial charge in [-0.15, -0.1) is 0 Å². The third kappa shape index (κ3) is 2.62. The average Bonchev–Trinajstić information content (AvgIpc) is 2.80. The molecule has 6 nitrogen and oxygen atoms in total. The maximum Gasteiger partial charge on any atom is 0.344 e. The second-order valence-corrected chi connectivity index (χ2v) is 5.87. The molecule has 6 heteroatoms. The highest BCUT2D eigenvalue weighted by Gasteiger charge is 2.49. The van der Waals surface area contributed by atoms with Gasteiger partial charge in [0, 0.05) is 5.56 Å². The van der Waals surface area contributed by atoms with E-state index in [0.717, 1.165) is 10.6 Å². The number of imide groups is 1. The molecule has 24 heavy (non-hydrogen) atoms. The fourth-order valence-electron chi connectivity index (χ4n) is 2.66. The SMILES string of the molecule is Cc1cccc(C(=O)NN2C(=O)NC(C)(c3ccccc3)C2=O)c1. The van der Waals surface area contributed by atoms with Gasteiger partial charge in [0.15, 0.2) is 0 Å². The van der Waals surface area contributed by atoms with Crippen LogP contribution >= 0.6 is 0 Å². The number of carbonyl (C=O) groups is 3. The lowest BCUT2D eigenvalue weighted by molar-refractivity contribution is -0.132. The topological polar surface area (TPSA) is 78.5 Å². The van der Waals surface area contributed by atoms with E-state index in [1.165, 1.54) is 0 Å². The molecule has 1 aliphatic heterocycles. The first-order chi connectivity index (χ1) is 11.4. The van der Waals surface area contributed by atoms with Gasteiger partial charge in [0.05, 0.1) is 0 Å². The minimum absolute atomic E-state index is 0.379. The van der Waals surface area contributed by atoms with Gasteiger partial charge in [-0.3, -0.25) is 15.0 Å². The van der Waals surface area contributed by atoms with E-state index in [4.69, 9.17) is 0 Å². The van der Waals surface area contributed by atoms with Crippen LogP contribution in [-0.4, -0.2) is 22.9 Å². The standard InChI is InChI=1S/C18H17N3O3/c1-12-7-6-8-13(11-12)15(22)20-21-16(23)18(2,19-17(21)24)14-9-4-3-5-10-14/h3-11H,1-2H3,(H,19,24)(H,20,22). The molecule has 3 rings (SSSR count). The molecule has 1 unspecified atom stereocenters. The lowest BCUT2D eigenvalue weighted by Gasteiger charge is -2.22. The molecule has 0 spiro atoms. The molecule has 1 aliphatic rings. The largest absolute Gasteiger partial charge is 0.344 e. The Morgan fingerprint density at radius 3 is 2.46 bits per heavy atom. The summed E-state index contributed by atoms with van der Waals surface area (Å²) in [5.74, 6) is -1.04. The van der Waals surface area contributed by atoms with Crippen molar-refractivity contribution in [3.05, 3.63) is 71.3 Å². The van der Waals surface area contributed by atoms with Crippen LogP contribution in [0.3, 0.4) is 0 Å². The van der Waals surface area contributed by atoms with Crippen molar-refractivity contribution in [1.29, 1.82) is 0 Å². The fourth-order valence-corrected chi connectivity index (χ4v) is 2.66. The fraction of sp³-hybridized carbons (Fsp3) is 0.167. The van der Waals surface area contributed by atoms with Crippen molar-refractivity contribution in [2.75, 3.05) is 0 Å². The van der Waals surface area contributed by atoms with Crippen LogP contribution in [0.2, 0.25) is 0 Å². The first kappa shape index (κ1) is 15.7. The molecule has 0 radical (unpaired) electrons. The normalized spacial score (nSPS) is 20.0. The molecule has 2 N–H and O–H groups in total. The quantitative estimate of drug-likeness (QED) is 0.849. The zero-order valence-electron chi connectivity index (χ0n) is 13.4. The zero-order valence-corrected chi connectivity index (χ0v) is 13.4. The average molecular weight is 323 g/mol. The van der Waals surface area contributed by atoms with Gasteiger partial charge in [-0.2, -0.15) is 5.01 Å². The summed E-state index contributed by atoms with van der Waals surface area (Å²) in [6.07, 6.45) is 0. The van der Waals surface area contributed by atoms with Crippen LogP contribution in [-0.2, 0) is 10.3 Å². The summed E-state index contributed by atoms with van der Waals surface area (Å²) >= 11 is 0. The van der Waals surface area contributed by atoms with Crippen molar-refractivity contribution in [2.45, 2.75) is 19.4 Å². The monoisotopic (exact) mass is 323 g/mol. The Balaban J connectivity index is 1.84. The Bertz CT molecular complexity index is 819. The number of hydrogen-bond donors (Lipinski definition) is 2. The molecule has 0 bridgehead atoms. The van der Waals surface area contributed by atoms with Gasteiger partial charge >= 0.3 is 6.03 Å². The smallest absolute Gasteiger partial charge is 0.318 e. The minimum atomic E-state index is -1.21. The van der Waals surface area contributed by atoms with E-state index in [2.05, 4.69) is 10.7 Å². The van der Waals surface area contributed by atoms with Gasteiger partial charge in [0.1, 0.15) is 5.54 Å². The Morgan fingerprint density at radius 2 is 1.79 bits per heavy atom. The summed E-state index contributed by atoms with van der Waals surface area (Å²) < 4.78 is 0. The number of amides is 4. The third-order valence-electron chi connectivity index (χ3n) is 4.04. The summed E-state index contributed by atoms with van der Waals surface area (Å²) in [6.45, 7) is 3.47. The maximum absolute atomic E-state index is 12.7. The number of nitrogens with zero attached hydrogens (tertiary/aromatic N) is 1. The maximum atomic E-state index is 12.7. The summed E-state index contributed by atoms with van der Waals surface area (Å²) in [7, 11) is 0. The van der Waals surface area contributed by atoms with Crippen LogP contribution < -0.4 is 10.7 Å². The van der Waals surface area contributed by atoms with Crippen LogP contribution in [0, 0.1) is 6.92 Å². The molecule has 122 valence electrons. The van der Waals surface area contributed by atoms with E-state index >= 15 is 0 Å². The highest BCUT2D eigenvalue weighted by molar-refractivity contribution is 6.09. The van der Waals surface area contributed by atoms with E-state index in [-0.39, 0.29) is 0 Å². The molecule has 2 aromatic rings. The van der Waals surface area contributed by atoms with E-state index in [9.17, 15) is 14.4 Å². The van der Waals surface area contributed by atoms with Gasteiger partial charge in [0.2, 0.25) is 0 Å². The Hall–Kier alpha value is -3.15. The van der Waals surface area contributed by atoms with E-state index in [1.54, 1.807) is 49.4 Å². The van der Waals surface area contributed by atoms with E-state index in [0.29, 0.717) is 11.1 Å². The molecular formula is C18H17N3O3.